The maximum absolute atomic E-state index is 6.01. The van der Waals surface area contributed by atoms with Crippen LogP contribution in [0.4, 0.5) is 0 Å². The average molecular weight is 274 g/mol. The van der Waals surface area contributed by atoms with Gasteiger partial charge in [0.25, 0.3) is 0 Å². The van der Waals surface area contributed by atoms with Gasteiger partial charge in [-0.2, -0.15) is 0 Å². The van der Waals surface area contributed by atoms with Gasteiger partial charge in [0.15, 0.2) is 0 Å². The van der Waals surface area contributed by atoms with Crippen molar-refractivity contribution in [2.24, 2.45) is 5.73 Å². The topological polar surface area (TPSA) is 51.8 Å². The predicted molar refractivity (Wildman–Crippen MR) is 67.0 cm³/mol. The summed E-state index contributed by atoms with van der Waals surface area (Å²) in [6.45, 7) is 0. The molecular formula is C10H9Cl2N3S. The Morgan fingerprint density at radius 3 is 2.75 bits per heavy atom. The zero-order chi connectivity index (χ0) is 11.5. The minimum absolute atomic E-state index is 0.0998. The van der Waals surface area contributed by atoms with Crippen molar-refractivity contribution in [1.29, 1.82) is 0 Å². The number of nitrogens with zero attached hydrogens (tertiary/aromatic N) is 2. The highest BCUT2D eigenvalue weighted by Gasteiger charge is 2.10. The van der Waals surface area contributed by atoms with E-state index >= 15 is 0 Å². The Kier molecular flexibility index (Phi) is 3.76. The standard InChI is InChI=1S/C10H9Cl2N3S/c11-7-2-1-6(3-8(7)12)4-9(13)10-5-14-15-16-10/h1-3,5,9H,4,13H2. The molecule has 16 heavy (non-hydrogen) atoms. The second-order valence-corrected chi connectivity index (χ2v) is 5.01. The van der Waals surface area contributed by atoms with E-state index in [-0.39, 0.29) is 6.04 Å². The van der Waals surface area contributed by atoms with Crippen molar-refractivity contribution in [2.75, 3.05) is 0 Å². The van der Waals surface area contributed by atoms with Gasteiger partial charge < -0.3 is 5.73 Å². The van der Waals surface area contributed by atoms with Gasteiger partial charge in [-0.15, -0.1) is 5.10 Å². The third-order valence-corrected chi connectivity index (χ3v) is 3.72. The Morgan fingerprint density at radius 2 is 2.12 bits per heavy atom. The van der Waals surface area contributed by atoms with Gasteiger partial charge in [0.05, 0.1) is 21.1 Å². The summed E-state index contributed by atoms with van der Waals surface area (Å²) in [5.74, 6) is 0. The van der Waals surface area contributed by atoms with E-state index in [1.165, 1.54) is 11.5 Å². The SMILES string of the molecule is NC(Cc1ccc(Cl)c(Cl)c1)c1cnns1. The van der Waals surface area contributed by atoms with E-state index in [9.17, 15) is 0 Å². The lowest BCUT2D eigenvalue weighted by Crippen LogP contribution is -2.11. The Hall–Kier alpha value is -0.680. The van der Waals surface area contributed by atoms with Gasteiger partial charge in [0.2, 0.25) is 0 Å². The Bertz CT molecular complexity index is 473. The molecule has 0 radical (unpaired) electrons. The van der Waals surface area contributed by atoms with Crippen molar-refractivity contribution in [2.45, 2.75) is 12.5 Å². The largest absolute Gasteiger partial charge is 0.323 e. The Balaban J connectivity index is 2.12. The highest BCUT2D eigenvalue weighted by atomic mass is 35.5. The number of rotatable bonds is 3. The number of hydrogen-bond donors (Lipinski definition) is 1. The molecule has 0 saturated carbocycles. The van der Waals surface area contributed by atoms with Crippen LogP contribution in [0.2, 0.25) is 10.0 Å². The van der Waals surface area contributed by atoms with Crippen LogP contribution in [-0.2, 0) is 6.42 Å². The zero-order valence-corrected chi connectivity index (χ0v) is 10.6. The van der Waals surface area contributed by atoms with E-state index in [0.29, 0.717) is 16.5 Å². The van der Waals surface area contributed by atoms with E-state index in [0.717, 1.165) is 10.4 Å². The summed E-state index contributed by atoms with van der Waals surface area (Å²) in [5, 5.41) is 4.86. The molecule has 1 heterocycles. The molecule has 0 aliphatic rings. The van der Waals surface area contributed by atoms with Crippen LogP contribution in [-0.4, -0.2) is 9.59 Å². The maximum Gasteiger partial charge on any atom is 0.0669 e. The minimum atomic E-state index is -0.0998. The van der Waals surface area contributed by atoms with E-state index in [1.807, 2.05) is 12.1 Å². The second kappa shape index (κ2) is 5.10. The quantitative estimate of drug-likeness (QED) is 0.935. The van der Waals surface area contributed by atoms with Crippen molar-refractivity contribution in [1.82, 2.24) is 9.59 Å². The molecule has 2 rings (SSSR count). The normalized spacial score (nSPS) is 12.7. The van der Waals surface area contributed by atoms with Gasteiger partial charge in [0, 0.05) is 6.04 Å². The first-order valence-corrected chi connectivity index (χ1v) is 6.16. The van der Waals surface area contributed by atoms with Crippen LogP contribution < -0.4 is 5.73 Å². The average Bonchev–Trinajstić information content (AvgIpc) is 2.77. The van der Waals surface area contributed by atoms with Crippen LogP contribution in [0.25, 0.3) is 0 Å². The molecule has 0 spiro atoms. The Morgan fingerprint density at radius 1 is 1.31 bits per heavy atom. The summed E-state index contributed by atoms with van der Waals surface area (Å²) < 4.78 is 3.78. The lowest BCUT2D eigenvalue weighted by atomic mass is 10.1. The summed E-state index contributed by atoms with van der Waals surface area (Å²) in [7, 11) is 0. The minimum Gasteiger partial charge on any atom is -0.323 e. The van der Waals surface area contributed by atoms with Crippen LogP contribution in [0.15, 0.2) is 24.4 Å². The van der Waals surface area contributed by atoms with Gasteiger partial charge >= 0.3 is 0 Å². The molecule has 3 nitrogen and oxygen atoms in total. The fourth-order valence-corrected chi connectivity index (χ4v) is 2.18. The maximum atomic E-state index is 6.01. The molecule has 2 aromatic rings. The molecule has 1 aromatic heterocycles. The predicted octanol–water partition coefficient (Wildman–Crippen LogP) is 3.09. The monoisotopic (exact) mass is 273 g/mol. The number of aromatic nitrogens is 2. The van der Waals surface area contributed by atoms with Gasteiger partial charge in [-0.1, -0.05) is 33.8 Å². The second-order valence-electron chi connectivity index (χ2n) is 3.38. The fourth-order valence-electron chi connectivity index (χ4n) is 1.36. The molecule has 0 saturated heterocycles. The molecule has 0 aliphatic carbocycles. The van der Waals surface area contributed by atoms with E-state index in [1.54, 1.807) is 12.3 Å². The van der Waals surface area contributed by atoms with Gasteiger partial charge in [0.1, 0.15) is 0 Å². The van der Waals surface area contributed by atoms with Gasteiger partial charge in [-0.3, -0.25) is 0 Å². The lowest BCUT2D eigenvalue weighted by molar-refractivity contribution is 0.734. The van der Waals surface area contributed by atoms with Crippen molar-refractivity contribution < 1.29 is 0 Å². The van der Waals surface area contributed by atoms with Gasteiger partial charge in [-0.05, 0) is 35.6 Å². The number of hydrogen-bond acceptors (Lipinski definition) is 4. The summed E-state index contributed by atoms with van der Waals surface area (Å²) >= 11 is 13.1. The third-order valence-electron chi connectivity index (χ3n) is 2.18. The van der Waals surface area contributed by atoms with Crippen molar-refractivity contribution in [3.63, 3.8) is 0 Å². The molecule has 6 heteroatoms. The van der Waals surface area contributed by atoms with E-state index in [2.05, 4.69) is 9.59 Å². The molecule has 1 unspecified atom stereocenters. The first-order chi connectivity index (χ1) is 7.66. The van der Waals surface area contributed by atoms with Crippen molar-refractivity contribution in [3.8, 4) is 0 Å². The number of halogens is 2. The zero-order valence-electron chi connectivity index (χ0n) is 8.23. The molecule has 0 amide bonds. The summed E-state index contributed by atoms with van der Waals surface area (Å²) in [6, 6.07) is 5.43. The lowest BCUT2D eigenvalue weighted by Gasteiger charge is -2.09. The van der Waals surface area contributed by atoms with Crippen LogP contribution in [0.3, 0.4) is 0 Å². The van der Waals surface area contributed by atoms with Crippen LogP contribution in [0.5, 0.6) is 0 Å². The molecule has 2 N–H and O–H groups in total. The first-order valence-electron chi connectivity index (χ1n) is 4.63. The molecule has 1 aromatic carbocycles. The van der Waals surface area contributed by atoms with E-state index < -0.39 is 0 Å². The summed E-state index contributed by atoms with van der Waals surface area (Å²) in [5.41, 5.74) is 7.07. The third kappa shape index (κ3) is 2.71. The smallest absolute Gasteiger partial charge is 0.0669 e. The van der Waals surface area contributed by atoms with Gasteiger partial charge in [-0.25, -0.2) is 0 Å². The highest BCUT2D eigenvalue weighted by molar-refractivity contribution is 7.05. The van der Waals surface area contributed by atoms with E-state index in [4.69, 9.17) is 28.9 Å². The molecule has 84 valence electrons. The van der Waals surface area contributed by atoms with Crippen LogP contribution >= 0.6 is 34.7 Å². The summed E-state index contributed by atoms with van der Waals surface area (Å²) in [4.78, 5) is 0.964. The highest BCUT2D eigenvalue weighted by Crippen LogP contribution is 2.25. The molecule has 0 bridgehead atoms. The Labute approximate surface area is 107 Å². The van der Waals surface area contributed by atoms with Crippen LogP contribution in [0, 0.1) is 0 Å². The number of benzene rings is 1. The molecule has 0 fully saturated rings. The van der Waals surface area contributed by atoms with Crippen LogP contribution in [0.1, 0.15) is 16.5 Å². The van der Waals surface area contributed by atoms with Crippen molar-refractivity contribution >= 4 is 34.7 Å². The van der Waals surface area contributed by atoms with Crippen molar-refractivity contribution in [3.05, 3.63) is 44.9 Å². The molecule has 0 aliphatic heterocycles. The molecular weight excluding hydrogens is 265 g/mol. The fraction of sp³-hybridized carbons (Fsp3) is 0.200. The first kappa shape index (κ1) is 11.8. The summed E-state index contributed by atoms with van der Waals surface area (Å²) in [6.07, 6.45) is 2.38. The molecule has 1 atom stereocenters. The number of nitrogens with two attached hydrogens (primary N) is 1.